The fourth-order valence-electron chi connectivity index (χ4n) is 2.26. The quantitative estimate of drug-likeness (QED) is 0.863. The number of amides is 1. The first-order valence-corrected chi connectivity index (χ1v) is 8.30. The average Bonchev–Trinajstić information content (AvgIpc) is 3.02. The molecular weight excluding hydrogens is 306 g/mol. The maximum Gasteiger partial charge on any atom is 0.252 e. The maximum atomic E-state index is 12.5. The first kappa shape index (κ1) is 16.3. The summed E-state index contributed by atoms with van der Waals surface area (Å²) in [6.07, 6.45) is 0.866. The summed E-state index contributed by atoms with van der Waals surface area (Å²) in [6.45, 7) is 2.45. The highest BCUT2D eigenvalue weighted by Gasteiger charge is 2.28. The summed E-state index contributed by atoms with van der Waals surface area (Å²) in [5, 5.41) is 8.76. The van der Waals surface area contributed by atoms with Crippen molar-refractivity contribution in [2.45, 2.75) is 30.8 Å². The van der Waals surface area contributed by atoms with Gasteiger partial charge in [0.05, 0.1) is 10.5 Å². The molecule has 1 amide bonds. The van der Waals surface area contributed by atoms with E-state index < -0.39 is 22.0 Å². The van der Waals surface area contributed by atoms with Crippen LogP contribution in [0.3, 0.4) is 0 Å². The molecule has 1 aromatic rings. The molecule has 0 aliphatic carbocycles. The number of rotatable bonds is 5. The van der Waals surface area contributed by atoms with Crippen molar-refractivity contribution < 1.29 is 17.9 Å². The Bertz CT molecular complexity index is 718. The van der Waals surface area contributed by atoms with Crippen LogP contribution in [0.15, 0.2) is 23.1 Å². The lowest BCUT2D eigenvalue weighted by Gasteiger charge is -2.17. The standard InChI is InChI=1S/C14H17N3O4S/c1-10(9-15)21-13-5-4-11(8-12(13)14(16)18)22(19,20)17-6-2-3-7-17/h4-5,8,10H,2-3,6-7H2,1H3,(H2,16,18)/t10-/m0/s1. The number of nitrogens with zero attached hydrogens (tertiary/aromatic N) is 2. The lowest BCUT2D eigenvalue weighted by Crippen LogP contribution is -2.28. The van der Waals surface area contributed by atoms with Gasteiger partial charge in [-0.05, 0) is 38.0 Å². The van der Waals surface area contributed by atoms with Gasteiger partial charge < -0.3 is 10.5 Å². The van der Waals surface area contributed by atoms with Gasteiger partial charge in [-0.3, -0.25) is 4.79 Å². The van der Waals surface area contributed by atoms with Gasteiger partial charge in [0.15, 0.2) is 6.10 Å². The minimum atomic E-state index is -3.64. The van der Waals surface area contributed by atoms with Gasteiger partial charge in [0.25, 0.3) is 5.91 Å². The normalized spacial score (nSPS) is 16.9. The summed E-state index contributed by atoms with van der Waals surface area (Å²) in [7, 11) is -3.64. The molecule has 0 radical (unpaired) electrons. The highest BCUT2D eigenvalue weighted by Crippen LogP contribution is 2.27. The summed E-state index contributed by atoms with van der Waals surface area (Å²) < 4.78 is 31.6. The van der Waals surface area contributed by atoms with Gasteiger partial charge in [-0.1, -0.05) is 0 Å². The number of hydrogen-bond donors (Lipinski definition) is 1. The Morgan fingerprint density at radius 3 is 2.59 bits per heavy atom. The molecule has 0 spiro atoms. The number of sulfonamides is 1. The van der Waals surface area contributed by atoms with Crippen molar-refractivity contribution in [1.29, 1.82) is 5.26 Å². The number of benzene rings is 1. The molecule has 1 saturated heterocycles. The van der Waals surface area contributed by atoms with Crippen LogP contribution in [0.2, 0.25) is 0 Å². The second kappa shape index (κ2) is 6.34. The zero-order valence-corrected chi connectivity index (χ0v) is 13.0. The number of nitrogens with two attached hydrogens (primary N) is 1. The highest BCUT2D eigenvalue weighted by molar-refractivity contribution is 7.89. The molecule has 7 nitrogen and oxygen atoms in total. The number of nitriles is 1. The molecule has 1 heterocycles. The van der Waals surface area contributed by atoms with E-state index in [0.29, 0.717) is 13.1 Å². The third kappa shape index (κ3) is 3.21. The van der Waals surface area contributed by atoms with E-state index in [1.165, 1.54) is 29.4 Å². The maximum absolute atomic E-state index is 12.5. The number of hydrogen-bond acceptors (Lipinski definition) is 5. The SMILES string of the molecule is C[C@@H](C#N)Oc1ccc(S(=O)(=O)N2CCCC2)cc1C(N)=O. The number of ether oxygens (including phenoxy) is 1. The fraction of sp³-hybridized carbons (Fsp3) is 0.429. The lowest BCUT2D eigenvalue weighted by atomic mass is 10.2. The van der Waals surface area contributed by atoms with Crippen LogP contribution in [-0.2, 0) is 10.0 Å². The van der Waals surface area contributed by atoms with Crippen molar-refractivity contribution in [2.75, 3.05) is 13.1 Å². The minimum absolute atomic E-state index is 0.000149. The van der Waals surface area contributed by atoms with Crippen molar-refractivity contribution in [3.05, 3.63) is 23.8 Å². The predicted octanol–water partition coefficient (Wildman–Crippen LogP) is 0.861. The van der Waals surface area contributed by atoms with E-state index in [0.717, 1.165) is 12.8 Å². The molecule has 1 aliphatic rings. The van der Waals surface area contributed by atoms with Gasteiger partial charge in [-0.2, -0.15) is 9.57 Å². The molecule has 0 unspecified atom stereocenters. The molecule has 0 aromatic heterocycles. The summed E-state index contributed by atoms with van der Waals surface area (Å²) in [5.41, 5.74) is 5.23. The molecule has 118 valence electrons. The van der Waals surface area contributed by atoms with Crippen molar-refractivity contribution in [2.24, 2.45) is 5.73 Å². The molecule has 0 bridgehead atoms. The average molecular weight is 323 g/mol. The van der Waals surface area contributed by atoms with Crippen LogP contribution in [0.5, 0.6) is 5.75 Å². The third-order valence-electron chi connectivity index (χ3n) is 3.40. The van der Waals surface area contributed by atoms with Crippen LogP contribution in [-0.4, -0.2) is 37.8 Å². The Hall–Kier alpha value is -2.11. The smallest absolute Gasteiger partial charge is 0.252 e. The van der Waals surface area contributed by atoms with Crippen LogP contribution < -0.4 is 10.5 Å². The van der Waals surface area contributed by atoms with Gasteiger partial charge in [-0.15, -0.1) is 0 Å². The van der Waals surface area contributed by atoms with E-state index in [9.17, 15) is 13.2 Å². The zero-order valence-electron chi connectivity index (χ0n) is 12.2. The van der Waals surface area contributed by atoms with Crippen LogP contribution in [0.4, 0.5) is 0 Å². The van der Waals surface area contributed by atoms with Crippen molar-refractivity contribution in [1.82, 2.24) is 4.31 Å². The van der Waals surface area contributed by atoms with Crippen molar-refractivity contribution in [3.8, 4) is 11.8 Å². The molecule has 0 saturated carbocycles. The number of carbonyl (C=O) groups is 1. The van der Waals surface area contributed by atoms with E-state index in [2.05, 4.69) is 0 Å². The Labute approximate surface area is 129 Å². The molecule has 1 fully saturated rings. The monoisotopic (exact) mass is 323 g/mol. The first-order valence-electron chi connectivity index (χ1n) is 6.86. The van der Waals surface area contributed by atoms with Crippen LogP contribution in [0.25, 0.3) is 0 Å². The molecule has 2 rings (SSSR count). The van der Waals surface area contributed by atoms with E-state index >= 15 is 0 Å². The second-order valence-electron chi connectivity index (χ2n) is 5.02. The van der Waals surface area contributed by atoms with E-state index in [1.54, 1.807) is 0 Å². The Kier molecular flexibility index (Phi) is 4.68. The van der Waals surface area contributed by atoms with E-state index in [4.69, 9.17) is 15.7 Å². The molecule has 1 atom stereocenters. The van der Waals surface area contributed by atoms with E-state index in [-0.39, 0.29) is 16.2 Å². The minimum Gasteiger partial charge on any atom is -0.475 e. The molecule has 2 N–H and O–H groups in total. The Balaban J connectivity index is 2.41. The van der Waals surface area contributed by atoms with Gasteiger partial charge in [0, 0.05) is 13.1 Å². The summed E-state index contributed by atoms with van der Waals surface area (Å²) in [4.78, 5) is 11.5. The number of carbonyl (C=O) groups excluding carboxylic acids is 1. The summed E-state index contributed by atoms with van der Waals surface area (Å²) >= 11 is 0. The van der Waals surface area contributed by atoms with Crippen molar-refractivity contribution >= 4 is 15.9 Å². The largest absolute Gasteiger partial charge is 0.475 e. The molecule has 22 heavy (non-hydrogen) atoms. The number of primary amides is 1. The Morgan fingerprint density at radius 2 is 2.05 bits per heavy atom. The second-order valence-corrected chi connectivity index (χ2v) is 6.96. The van der Waals surface area contributed by atoms with Crippen LogP contribution in [0, 0.1) is 11.3 Å². The summed E-state index contributed by atoms with van der Waals surface area (Å²) in [5.74, 6) is -0.708. The van der Waals surface area contributed by atoms with Gasteiger partial charge >= 0.3 is 0 Å². The van der Waals surface area contributed by atoms with Gasteiger partial charge in [0.1, 0.15) is 11.8 Å². The zero-order chi connectivity index (χ0) is 16.3. The van der Waals surface area contributed by atoms with Crippen LogP contribution in [0.1, 0.15) is 30.1 Å². The molecule has 8 heteroatoms. The third-order valence-corrected chi connectivity index (χ3v) is 5.30. The highest BCUT2D eigenvalue weighted by atomic mass is 32.2. The van der Waals surface area contributed by atoms with Crippen LogP contribution >= 0.6 is 0 Å². The molecule has 1 aromatic carbocycles. The van der Waals surface area contributed by atoms with Gasteiger partial charge in [-0.25, -0.2) is 8.42 Å². The molecular formula is C14H17N3O4S. The topological polar surface area (TPSA) is 113 Å². The predicted molar refractivity (Wildman–Crippen MR) is 78.7 cm³/mol. The summed E-state index contributed by atoms with van der Waals surface area (Å²) in [6, 6.07) is 5.79. The lowest BCUT2D eigenvalue weighted by molar-refractivity contribution is 0.0995. The first-order chi connectivity index (χ1) is 10.4. The van der Waals surface area contributed by atoms with E-state index in [1.807, 2.05) is 6.07 Å². The van der Waals surface area contributed by atoms with Crippen molar-refractivity contribution in [3.63, 3.8) is 0 Å². The fourth-order valence-corrected chi connectivity index (χ4v) is 3.80. The molecule has 1 aliphatic heterocycles. The Morgan fingerprint density at radius 1 is 1.41 bits per heavy atom. The van der Waals surface area contributed by atoms with Gasteiger partial charge in [0.2, 0.25) is 10.0 Å².